The van der Waals surface area contributed by atoms with Gasteiger partial charge in [0.25, 0.3) is 0 Å². The van der Waals surface area contributed by atoms with Crippen molar-refractivity contribution < 1.29 is 13.9 Å². The molecule has 140 valence electrons. The van der Waals surface area contributed by atoms with Crippen molar-refractivity contribution in [2.75, 3.05) is 0 Å². The summed E-state index contributed by atoms with van der Waals surface area (Å²) in [6.45, 7) is 4.01. The second-order valence-corrected chi connectivity index (χ2v) is 6.90. The maximum absolute atomic E-state index is 13.3. The summed E-state index contributed by atoms with van der Waals surface area (Å²) in [6, 6.07) is 20.9. The number of ether oxygens (including phenoxy) is 1. The molecule has 1 heterocycles. The quantitative estimate of drug-likeness (QED) is 0.443. The Kier molecular flexibility index (Phi) is 4.65. The second kappa shape index (κ2) is 7.27. The van der Waals surface area contributed by atoms with Gasteiger partial charge in [-0.15, -0.1) is 0 Å². The van der Waals surface area contributed by atoms with Gasteiger partial charge in [0.15, 0.2) is 0 Å². The first kappa shape index (κ1) is 17.9. The molecule has 0 unspecified atom stereocenters. The lowest BCUT2D eigenvalue weighted by Crippen LogP contribution is -2.11. The summed E-state index contributed by atoms with van der Waals surface area (Å²) in [7, 11) is 0. The molecule has 28 heavy (non-hydrogen) atoms. The SMILES string of the molecule is CC(C)c1cc(OC(=O)c2ccc3ccccc3c2)n(-c2ccc(F)cc2)n1. The van der Waals surface area contributed by atoms with Gasteiger partial charge >= 0.3 is 5.97 Å². The van der Waals surface area contributed by atoms with Crippen molar-refractivity contribution >= 4 is 16.7 Å². The Morgan fingerprint density at radius 2 is 1.68 bits per heavy atom. The maximum atomic E-state index is 13.3. The highest BCUT2D eigenvalue weighted by Crippen LogP contribution is 2.25. The summed E-state index contributed by atoms with van der Waals surface area (Å²) in [6.07, 6.45) is 0. The standard InChI is InChI=1S/C23H19FN2O2/c1-15(2)21-14-22(26(25-21)20-11-9-19(24)10-12-20)28-23(27)18-8-7-16-5-3-4-6-17(16)13-18/h3-15H,1-2H3. The highest BCUT2D eigenvalue weighted by molar-refractivity contribution is 5.96. The van der Waals surface area contributed by atoms with E-state index in [4.69, 9.17) is 4.74 Å². The van der Waals surface area contributed by atoms with Crippen LogP contribution in [0.3, 0.4) is 0 Å². The number of esters is 1. The van der Waals surface area contributed by atoms with Crippen LogP contribution in [0.5, 0.6) is 5.88 Å². The zero-order chi connectivity index (χ0) is 19.7. The first-order valence-electron chi connectivity index (χ1n) is 9.08. The van der Waals surface area contributed by atoms with E-state index in [1.165, 1.54) is 16.8 Å². The molecule has 0 N–H and O–H groups in total. The summed E-state index contributed by atoms with van der Waals surface area (Å²) in [5.41, 5.74) is 1.86. The van der Waals surface area contributed by atoms with Gasteiger partial charge in [-0.1, -0.05) is 44.2 Å². The van der Waals surface area contributed by atoms with E-state index in [1.54, 1.807) is 30.3 Å². The monoisotopic (exact) mass is 374 g/mol. The van der Waals surface area contributed by atoms with Crippen LogP contribution in [0.25, 0.3) is 16.5 Å². The van der Waals surface area contributed by atoms with Crippen LogP contribution in [0.1, 0.15) is 35.8 Å². The highest BCUT2D eigenvalue weighted by Gasteiger charge is 2.18. The minimum Gasteiger partial charge on any atom is -0.404 e. The number of hydrogen-bond donors (Lipinski definition) is 0. The van der Waals surface area contributed by atoms with Crippen LogP contribution in [0.2, 0.25) is 0 Å². The van der Waals surface area contributed by atoms with Crippen molar-refractivity contribution in [2.45, 2.75) is 19.8 Å². The van der Waals surface area contributed by atoms with Crippen molar-refractivity contribution in [1.82, 2.24) is 9.78 Å². The lowest BCUT2D eigenvalue weighted by atomic mass is 10.1. The molecule has 0 aliphatic rings. The molecule has 0 aliphatic carbocycles. The molecular formula is C23H19FN2O2. The fraction of sp³-hybridized carbons (Fsp3) is 0.130. The van der Waals surface area contributed by atoms with Crippen LogP contribution < -0.4 is 4.74 Å². The number of carbonyl (C=O) groups excluding carboxylic acids is 1. The average molecular weight is 374 g/mol. The summed E-state index contributed by atoms with van der Waals surface area (Å²) >= 11 is 0. The van der Waals surface area contributed by atoms with Crippen molar-refractivity contribution in [3.05, 3.63) is 89.9 Å². The highest BCUT2D eigenvalue weighted by atomic mass is 19.1. The Morgan fingerprint density at radius 1 is 0.964 bits per heavy atom. The van der Waals surface area contributed by atoms with E-state index in [0.717, 1.165) is 16.5 Å². The van der Waals surface area contributed by atoms with E-state index in [2.05, 4.69) is 5.10 Å². The second-order valence-electron chi connectivity index (χ2n) is 6.90. The van der Waals surface area contributed by atoms with Gasteiger partial charge in [0.05, 0.1) is 16.9 Å². The number of nitrogens with zero attached hydrogens (tertiary/aromatic N) is 2. The van der Waals surface area contributed by atoms with Gasteiger partial charge in [0.2, 0.25) is 5.88 Å². The molecular weight excluding hydrogens is 355 g/mol. The van der Waals surface area contributed by atoms with Gasteiger partial charge in [-0.2, -0.15) is 5.10 Å². The van der Waals surface area contributed by atoms with Crippen molar-refractivity contribution in [3.8, 4) is 11.6 Å². The largest absolute Gasteiger partial charge is 0.404 e. The summed E-state index contributed by atoms with van der Waals surface area (Å²) in [5.74, 6) is -0.354. The topological polar surface area (TPSA) is 44.1 Å². The molecule has 0 fully saturated rings. The third-order valence-electron chi connectivity index (χ3n) is 4.54. The third-order valence-corrected chi connectivity index (χ3v) is 4.54. The Balaban J connectivity index is 1.69. The van der Waals surface area contributed by atoms with Gasteiger partial charge in [-0.3, -0.25) is 0 Å². The van der Waals surface area contributed by atoms with Crippen LogP contribution in [0.15, 0.2) is 72.8 Å². The molecule has 0 saturated heterocycles. The van der Waals surface area contributed by atoms with E-state index in [-0.39, 0.29) is 11.7 Å². The zero-order valence-corrected chi connectivity index (χ0v) is 15.6. The van der Waals surface area contributed by atoms with Gasteiger partial charge in [0, 0.05) is 6.07 Å². The number of carbonyl (C=O) groups is 1. The Morgan fingerprint density at radius 3 is 2.39 bits per heavy atom. The summed E-state index contributed by atoms with van der Waals surface area (Å²) in [5, 5.41) is 6.54. The summed E-state index contributed by atoms with van der Waals surface area (Å²) < 4.78 is 20.5. The van der Waals surface area contributed by atoms with E-state index >= 15 is 0 Å². The normalized spacial score (nSPS) is 11.1. The number of aromatic nitrogens is 2. The van der Waals surface area contributed by atoms with Crippen LogP contribution in [0, 0.1) is 5.82 Å². The Bertz CT molecular complexity index is 1150. The van der Waals surface area contributed by atoms with Crippen molar-refractivity contribution in [3.63, 3.8) is 0 Å². The average Bonchev–Trinajstić information content (AvgIpc) is 3.12. The van der Waals surface area contributed by atoms with E-state index in [9.17, 15) is 9.18 Å². The predicted molar refractivity (Wildman–Crippen MR) is 107 cm³/mol. The molecule has 4 nitrogen and oxygen atoms in total. The molecule has 0 spiro atoms. The number of halogens is 1. The van der Waals surface area contributed by atoms with Crippen LogP contribution in [-0.2, 0) is 0 Å². The van der Waals surface area contributed by atoms with Gasteiger partial charge in [-0.05, 0) is 53.1 Å². The smallest absolute Gasteiger partial charge is 0.344 e. The number of hydrogen-bond acceptors (Lipinski definition) is 3. The van der Waals surface area contributed by atoms with Crippen LogP contribution >= 0.6 is 0 Å². The molecule has 0 aliphatic heterocycles. The first-order chi connectivity index (χ1) is 13.5. The minimum absolute atomic E-state index is 0.153. The molecule has 0 bridgehead atoms. The van der Waals surface area contributed by atoms with Crippen LogP contribution in [-0.4, -0.2) is 15.7 Å². The van der Waals surface area contributed by atoms with E-state index in [1.807, 2.05) is 44.2 Å². The molecule has 3 aromatic carbocycles. The van der Waals surface area contributed by atoms with Crippen LogP contribution in [0.4, 0.5) is 4.39 Å². The van der Waals surface area contributed by atoms with Gasteiger partial charge < -0.3 is 4.74 Å². The zero-order valence-electron chi connectivity index (χ0n) is 15.6. The van der Waals surface area contributed by atoms with Crippen molar-refractivity contribution in [2.24, 2.45) is 0 Å². The maximum Gasteiger partial charge on any atom is 0.344 e. The minimum atomic E-state index is -0.468. The molecule has 0 atom stereocenters. The Hall–Kier alpha value is -3.47. The fourth-order valence-electron chi connectivity index (χ4n) is 2.97. The molecule has 1 aromatic heterocycles. The fourth-order valence-corrected chi connectivity index (χ4v) is 2.97. The lowest BCUT2D eigenvalue weighted by molar-refractivity contribution is 0.0723. The number of fused-ring (bicyclic) bond motifs is 1. The Labute approximate surface area is 162 Å². The van der Waals surface area contributed by atoms with Crippen molar-refractivity contribution in [1.29, 1.82) is 0 Å². The summed E-state index contributed by atoms with van der Waals surface area (Å²) in [4.78, 5) is 12.8. The number of rotatable bonds is 4. The van der Waals surface area contributed by atoms with E-state index < -0.39 is 5.97 Å². The molecule has 0 saturated carbocycles. The van der Waals surface area contributed by atoms with Gasteiger partial charge in [0.1, 0.15) is 5.82 Å². The van der Waals surface area contributed by atoms with E-state index in [0.29, 0.717) is 17.1 Å². The molecule has 5 heteroatoms. The first-order valence-corrected chi connectivity index (χ1v) is 9.08. The molecule has 0 radical (unpaired) electrons. The van der Waals surface area contributed by atoms with Gasteiger partial charge in [-0.25, -0.2) is 13.9 Å². The molecule has 0 amide bonds. The molecule has 4 rings (SSSR count). The third kappa shape index (κ3) is 3.51. The predicted octanol–water partition coefficient (Wildman–Crippen LogP) is 5.51. The lowest BCUT2D eigenvalue weighted by Gasteiger charge is -2.08. The number of benzene rings is 3. The molecule has 4 aromatic rings.